The molecule has 2 aromatic carbocycles. The van der Waals surface area contributed by atoms with E-state index in [4.69, 9.17) is 4.74 Å². The lowest BCUT2D eigenvalue weighted by Crippen LogP contribution is -2.40. The number of carbonyl (C=O) groups is 1. The van der Waals surface area contributed by atoms with Gasteiger partial charge in [0.2, 0.25) is 0 Å². The molecule has 0 atom stereocenters. The van der Waals surface area contributed by atoms with Crippen LogP contribution in [-0.2, 0) is 16.9 Å². The zero-order chi connectivity index (χ0) is 21.9. The van der Waals surface area contributed by atoms with Crippen molar-refractivity contribution >= 4 is 17.3 Å². The third kappa shape index (κ3) is 4.62. The van der Waals surface area contributed by atoms with Crippen LogP contribution in [0, 0.1) is 22.9 Å². The minimum atomic E-state index is -1.15. The van der Waals surface area contributed by atoms with E-state index in [0.29, 0.717) is 17.0 Å². The zero-order valence-electron chi connectivity index (χ0n) is 16.8. The maximum atomic E-state index is 13.3. The van der Waals surface area contributed by atoms with Gasteiger partial charge in [0.1, 0.15) is 36.1 Å². The molecule has 0 unspecified atom stereocenters. The number of aromatic nitrogens is 2. The van der Waals surface area contributed by atoms with Gasteiger partial charge < -0.3 is 10.1 Å². The average Bonchev–Trinajstić information content (AvgIpc) is 3.20. The van der Waals surface area contributed by atoms with Gasteiger partial charge in [-0.1, -0.05) is 12.1 Å². The van der Waals surface area contributed by atoms with E-state index < -0.39 is 10.5 Å². The number of hydrogen-bond acceptors (Lipinski definition) is 5. The van der Waals surface area contributed by atoms with Crippen molar-refractivity contribution in [2.45, 2.75) is 32.9 Å². The predicted octanol–water partition coefficient (Wildman–Crippen LogP) is 4.19. The number of ether oxygens (including phenoxy) is 1. The Morgan fingerprint density at radius 3 is 2.70 bits per heavy atom. The van der Waals surface area contributed by atoms with Crippen LogP contribution >= 0.6 is 0 Å². The maximum absolute atomic E-state index is 13.3. The summed E-state index contributed by atoms with van der Waals surface area (Å²) < 4.78 is 20.2. The molecule has 30 heavy (non-hydrogen) atoms. The first kappa shape index (κ1) is 21.0. The maximum Gasteiger partial charge on any atom is 0.307 e. The number of halogens is 1. The third-order valence-corrected chi connectivity index (χ3v) is 4.65. The van der Waals surface area contributed by atoms with Crippen molar-refractivity contribution < 1.29 is 18.8 Å². The minimum absolute atomic E-state index is 0.188. The predicted molar refractivity (Wildman–Crippen MR) is 109 cm³/mol. The van der Waals surface area contributed by atoms with Gasteiger partial charge in [-0.2, -0.15) is 5.10 Å². The summed E-state index contributed by atoms with van der Waals surface area (Å²) in [6, 6.07) is 11.3. The molecule has 0 bridgehead atoms. The van der Waals surface area contributed by atoms with Gasteiger partial charge in [-0.25, -0.2) is 4.39 Å². The van der Waals surface area contributed by atoms with Crippen molar-refractivity contribution in [3.63, 3.8) is 0 Å². The van der Waals surface area contributed by atoms with Gasteiger partial charge in [0, 0.05) is 5.69 Å². The molecule has 0 saturated heterocycles. The van der Waals surface area contributed by atoms with Gasteiger partial charge in [-0.15, -0.1) is 0 Å². The molecular formula is C21H21FN4O4. The van der Waals surface area contributed by atoms with E-state index in [0.717, 1.165) is 11.8 Å². The van der Waals surface area contributed by atoms with Gasteiger partial charge in [-0.05, 0) is 62.2 Å². The highest BCUT2D eigenvalue weighted by Crippen LogP contribution is 2.25. The van der Waals surface area contributed by atoms with Crippen LogP contribution in [-0.4, -0.2) is 20.6 Å². The average molecular weight is 412 g/mol. The Morgan fingerprint density at radius 1 is 1.30 bits per heavy atom. The zero-order valence-corrected chi connectivity index (χ0v) is 16.8. The molecule has 1 N–H and O–H groups in total. The van der Waals surface area contributed by atoms with Gasteiger partial charge in [0.15, 0.2) is 0 Å². The van der Waals surface area contributed by atoms with Crippen LogP contribution < -0.4 is 10.1 Å². The number of aryl methyl sites for hydroxylation is 1. The van der Waals surface area contributed by atoms with E-state index in [-0.39, 0.29) is 24.0 Å². The standard InChI is InChI=1S/C21H21FN4O4/c1-14-9-18(30-13-15-5-4-6-16(22)10-15)7-8-19(14)24-20(27)21(2,3)25-12-17(11-23-25)26(28)29/h4-12H,13H2,1-3H3,(H,24,27). The molecule has 0 spiro atoms. The number of hydrogen-bond donors (Lipinski definition) is 1. The van der Waals surface area contributed by atoms with E-state index in [1.165, 1.54) is 23.0 Å². The normalized spacial score (nSPS) is 11.2. The monoisotopic (exact) mass is 412 g/mol. The molecule has 0 fully saturated rings. The molecule has 3 aromatic rings. The fourth-order valence-electron chi connectivity index (χ4n) is 2.75. The van der Waals surface area contributed by atoms with Crippen molar-refractivity contribution in [2.75, 3.05) is 5.32 Å². The molecule has 1 aromatic heterocycles. The number of benzene rings is 2. The molecule has 0 aliphatic carbocycles. The fourth-order valence-corrected chi connectivity index (χ4v) is 2.75. The first-order chi connectivity index (χ1) is 14.2. The van der Waals surface area contributed by atoms with Crippen LogP contribution in [0.25, 0.3) is 0 Å². The summed E-state index contributed by atoms with van der Waals surface area (Å²) in [6.45, 7) is 5.26. The third-order valence-electron chi connectivity index (χ3n) is 4.65. The fraction of sp³-hybridized carbons (Fsp3) is 0.238. The number of nitrogens with one attached hydrogen (secondary N) is 1. The number of anilines is 1. The Morgan fingerprint density at radius 2 is 2.07 bits per heavy atom. The second kappa shape index (κ2) is 8.32. The first-order valence-corrected chi connectivity index (χ1v) is 9.15. The largest absolute Gasteiger partial charge is 0.489 e. The summed E-state index contributed by atoms with van der Waals surface area (Å²) in [6.07, 6.45) is 2.32. The Kier molecular flexibility index (Phi) is 5.81. The molecule has 1 heterocycles. The summed E-state index contributed by atoms with van der Waals surface area (Å²) in [4.78, 5) is 23.1. The van der Waals surface area contributed by atoms with Crippen LogP contribution in [0.3, 0.4) is 0 Å². The van der Waals surface area contributed by atoms with E-state index >= 15 is 0 Å². The van der Waals surface area contributed by atoms with Crippen LogP contribution in [0.1, 0.15) is 25.0 Å². The van der Waals surface area contributed by atoms with Crippen LogP contribution in [0.5, 0.6) is 5.75 Å². The minimum Gasteiger partial charge on any atom is -0.489 e. The Hall–Kier alpha value is -3.75. The summed E-state index contributed by atoms with van der Waals surface area (Å²) >= 11 is 0. The molecule has 156 valence electrons. The van der Waals surface area contributed by atoms with Gasteiger partial charge in [0.25, 0.3) is 5.91 Å². The summed E-state index contributed by atoms with van der Waals surface area (Å²) in [5.74, 6) is -0.121. The Labute approximate surface area is 172 Å². The van der Waals surface area contributed by atoms with Gasteiger partial charge in [0.05, 0.1) is 4.92 Å². The molecule has 1 amide bonds. The summed E-state index contributed by atoms with van der Waals surface area (Å²) in [5, 5.41) is 17.6. The number of nitro groups is 1. The highest BCUT2D eigenvalue weighted by Gasteiger charge is 2.32. The Bertz CT molecular complexity index is 1090. The SMILES string of the molecule is Cc1cc(OCc2cccc(F)c2)ccc1NC(=O)C(C)(C)n1cc([N+](=O)[O-])cn1. The first-order valence-electron chi connectivity index (χ1n) is 9.15. The van der Waals surface area contributed by atoms with Crippen LogP contribution in [0.2, 0.25) is 0 Å². The molecule has 9 heteroatoms. The number of carbonyl (C=O) groups excluding carboxylic acids is 1. The van der Waals surface area contributed by atoms with Crippen molar-refractivity contribution in [3.8, 4) is 5.75 Å². The van der Waals surface area contributed by atoms with Gasteiger partial charge in [-0.3, -0.25) is 19.6 Å². The molecular weight excluding hydrogens is 391 g/mol. The highest BCUT2D eigenvalue weighted by molar-refractivity contribution is 5.96. The van der Waals surface area contributed by atoms with E-state index in [9.17, 15) is 19.3 Å². The van der Waals surface area contributed by atoms with E-state index in [2.05, 4.69) is 10.4 Å². The summed E-state index contributed by atoms with van der Waals surface area (Å²) in [5.41, 5.74) is 0.717. The molecule has 0 radical (unpaired) electrons. The van der Waals surface area contributed by atoms with Crippen molar-refractivity contribution in [2.24, 2.45) is 0 Å². The molecule has 3 rings (SSSR count). The quantitative estimate of drug-likeness (QED) is 0.463. The van der Waals surface area contributed by atoms with E-state index in [1.807, 2.05) is 6.92 Å². The molecule has 0 aliphatic heterocycles. The summed E-state index contributed by atoms with van der Waals surface area (Å²) in [7, 11) is 0. The lowest BCUT2D eigenvalue weighted by Gasteiger charge is -2.24. The van der Waals surface area contributed by atoms with Crippen molar-refractivity contribution in [3.05, 3.63) is 81.9 Å². The second-order valence-corrected chi connectivity index (χ2v) is 7.31. The molecule has 8 nitrogen and oxygen atoms in total. The smallest absolute Gasteiger partial charge is 0.307 e. The highest BCUT2D eigenvalue weighted by atomic mass is 19.1. The lowest BCUT2D eigenvalue weighted by atomic mass is 10.0. The van der Waals surface area contributed by atoms with Crippen LogP contribution in [0.15, 0.2) is 54.9 Å². The van der Waals surface area contributed by atoms with Crippen molar-refractivity contribution in [1.82, 2.24) is 9.78 Å². The number of amides is 1. The van der Waals surface area contributed by atoms with E-state index in [1.54, 1.807) is 44.2 Å². The number of nitrogens with zero attached hydrogens (tertiary/aromatic N) is 3. The molecule has 0 aliphatic rings. The van der Waals surface area contributed by atoms with Gasteiger partial charge >= 0.3 is 5.69 Å². The topological polar surface area (TPSA) is 99.3 Å². The lowest BCUT2D eigenvalue weighted by molar-refractivity contribution is -0.385. The van der Waals surface area contributed by atoms with Crippen molar-refractivity contribution in [1.29, 1.82) is 0 Å². The Balaban J connectivity index is 1.68. The molecule has 0 saturated carbocycles. The number of rotatable bonds is 7. The van der Waals surface area contributed by atoms with Crippen LogP contribution in [0.4, 0.5) is 15.8 Å². The second-order valence-electron chi connectivity index (χ2n) is 7.31.